The molecule has 0 radical (unpaired) electrons. The van der Waals surface area contributed by atoms with Gasteiger partial charge < -0.3 is 28.4 Å². The molecule has 0 atom stereocenters. The van der Waals surface area contributed by atoms with Crippen LogP contribution in [0.15, 0.2) is 107 Å². The zero-order chi connectivity index (χ0) is 36.7. The Balaban J connectivity index is 1.42. The Morgan fingerprint density at radius 2 is 1.00 bits per heavy atom. The summed E-state index contributed by atoms with van der Waals surface area (Å²) < 4.78 is 40.3. The minimum absolute atomic E-state index is 0.118. The number of fused-ring (bicyclic) bond motifs is 4. The SMILES string of the molecule is COC(=O)c1ccc2c(c1)/N=C/c1c(C)nn(-c3ccccc3)c1OC1(O2)Oc2ccc(C(=O)OC)cc2/N=C/c2c(C)nn(-c3ccccc3)c2O1. The number of hydrogen-bond donors (Lipinski definition) is 0. The van der Waals surface area contributed by atoms with Crippen LogP contribution in [0.4, 0.5) is 11.4 Å². The van der Waals surface area contributed by atoms with Gasteiger partial charge in [0.2, 0.25) is 11.8 Å². The molecule has 0 aliphatic carbocycles. The van der Waals surface area contributed by atoms with E-state index >= 15 is 0 Å². The molecule has 53 heavy (non-hydrogen) atoms. The molecule has 14 nitrogen and oxygen atoms in total. The van der Waals surface area contributed by atoms with Crippen molar-refractivity contribution in [1.29, 1.82) is 0 Å². The van der Waals surface area contributed by atoms with E-state index in [2.05, 4.69) is 0 Å². The van der Waals surface area contributed by atoms with Crippen molar-refractivity contribution in [2.24, 2.45) is 9.98 Å². The second-order valence-corrected chi connectivity index (χ2v) is 11.9. The van der Waals surface area contributed by atoms with Crippen molar-refractivity contribution in [2.45, 2.75) is 20.0 Å². The number of ether oxygens (including phenoxy) is 6. The Morgan fingerprint density at radius 1 is 0.585 bits per heavy atom. The van der Waals surface area contributed by atoms with Gasteiger partial charge in [-0.1, -0.05) is 36.4 Å². The smallest absolute Gasteiger partial charge is 0.465 e. The number of para-hydroxylation sites is 2. The van der Waals surface area contributed by atoms with Gasteiger partial charge in [0.25, 0.3) is 0 Å². The molecule has 14 heteroatoms. The summed E-state index contributed by atoms with van der Waals surface area (Å²) in [6, 6.07) is 27.8. The van der Waals surface area contributed by atoms with Gasteiger partial charge in [0.1, 0.15) is 11.4 Å². The lowest BCUT2D eigenvalue weighted by molar-refractivity contribution is -0.369. The van der Waals surface area contributed by atoms with Crippen LogP contribution in [-0.2, 0) is 9.47 Å². The van der Waals surface area contributed by atoms with E-state index in [4.69, 9.17) is 48.6 Å². The first-order valence-electron chi connectivity index (χ1n) is 16.3. The van der Waals surface area contributed by atoms with E-state index in [1.807, 2.05) is 60.7 Å². The van der Waals surface area contributed by atoms with Crippen LogP contribution in [0, 0.1) is 13.8 Å². The molecular weight excluding hydrogens is 680 g/mol. The van der Waals surface area contributed by atoms with Crippen molar-refractivity contribution in [3.63, 3.8) is 0 Å². The highest BCUT2D eigenvalue weighted by Crippen LogP contribution is 2.42. The van der Waals surface area contributed by atoms with E-state index < -0.39 is 18.1 Å². The minimum atomic E-state index is -2.52. The van der Waals surface area contributed by atoms with Crippen LogP contribution in [0.2, 0.25) is 0 Å². The second-order valence-electron chi connectivity index (χ2n) is 11.9. The van der Waals surface area contributed by atoms with E-state index in [0.717, 1.165) is 0 Å². The Morgan fingerprint density at radius 3 is 1.40 bits per heavy atom. The fourth-order valence-corrected chi connectivity index (χ4v) is 5.82. The fraction of sp³-hybridized carbons (Fsp3) is 0.128. The van der Waals surface area contributed by atoms with Crippen LogP contribution in [-0.4, -0.2) is 64.3 Å². The summed E-state index contributed by atoms with van der Waals surface area (Å²) in [4.78, 5) is 34.7. The third-order valence-electron chi connectivity index (χ3n) is 8.47. The number of benzene rings is 4. The van der Waals surface area contributed by atoms with Gasteiger partial charge in [-0.15, -0.1) is 0 Å². The standard InChI is InChI=1S/C39H30N6O8/c1-23-29-21-40-31-19-25(37(46)48-3)15-17-33(31)50-39(52-35(29)44(42-23)27-11-7-5-8-12-27)51-34-18-16-26(38(47)49-4)20-32(34)41-22-30-24(2)43-45(36(30)53-39)28-13-9-6-10-14-28/h5-22H,1-4H3/b40-21+,41-22+. The van der Waals surface area contributed by atoms with Crippen molar-refractivity contribution in [2.75, 3.05) is 14.2 Å². The molecule has 4 aromatic carbocycles. The zero-order valence-corrected chi connectivity index (χ0v) is 28.8. The highest BCUT2D eigenvalue weighted by Gasteiger charge is 2.49. The van der Waals surface area contributed by atoms with E-state index in [9.17, 15) is 9.59 Å². The molecule has 0 saturated heterocycles. The lowest BCUT2D eigenvalue weighted by Gasteiger charge is -2.32. The average Bonchev–Trinajstić information content (AvgIpc) is 3.70. The number of carbonyl (C=O) groups excluding carboxylic acids is 2. The molecule has 6 aromatic rings. The first-order valence-corrected chi connectivity index (χ1v) is 16.3. The monoisotopic (exact) mass is 710 g/mol. The number of hydrogen-bond acceptors (Lipinski definition) is 12. The number of aliphatic imine (C=N–C) groups is 2. The van der Waals surface area contributed by atoms with E-state index in [1.165, 1.54) is 50.6 Å². The Kier molecular flexibility index (Phi) is 8.18. The highest BCUT2D eigenvalue weighted by atomic mass is 17.0. The summed E-state index contributed by atoms with van der Waals surface area (Å²) in [5.41, 5.74) is 4.26. The topological polar surface area (TPSA) is 150 Å². The number of nitrogens with zero attached hydrogens (tertiary/aromatic N) is 6. The third kappa shape index (κ3) is 6.01. The van der Waals surface area contributed by atoms with Crippen LogP contribution < -0.4 is 18.9 Å². The molecule has 0 fully saturated rings. The molecule has 0 bridgehead atoms. The fourth-order valence-electron chi connectivity index (χ4n) is 5.82. The van der Waals surface area contributed by atoms with Gasteiger partial charge in [0, 0.05) is 12.4 Å². The molecule has 2 aliphatic heterocycles. The molecule has 2 aromatic heterocycles. The maximum absolute atomic E-state index is 12.6. The first-order chi connectivity index (χ1) is 25.8. The van der Waals surface area contributed by atoms with Crippen LogP contribution in [0.1, 0.15) is 43.2 Å². The molecule has 8 rings (SSSR count). The number of aromatic nitrogens is 4. The van der Waals surface area contributed by atoms with Crippen LogP contribution in [0.5, 0.6) is 23.3 Å². The summed E-state index contributed by atoms with van der Waals surface area (Å²) in [5.74, 6) is -0.611. The molecule has 4 heterocycles. The van der Waals surface area contributed by atoms with Gasteiger partial charge in [-0.3, -0.25) is 9.98 Å². The minimum Gasteiger partial charge on any atom is -0.465 e. The molecule has 264 valence electrons. The van der Waals surface area contributed by atoms with Gasteiger partial charge in [-0.25, -0.2) is 9.59 Å². The third-order valence-corrected chi connectivity index (χ3v) is 8.47. The maximum atomic E-state index is 12.6. The Labute approximate surface area is 302 Å². The first kappa shape index (κ1) is 33.0. The molecule has 0 amide bonds. The van der Waals surface area contributed by atoms with Gasteiger partial charge >= 0.3 is 18.1 Å². The number of methoxy groups -OCH3 is 2. The number of aryl methyl sites for hydroxylation is 2. The molecule has 0 N–H and O–H groups in total. The number of rotatable bonds is 4. The Hall–Kier alpha value is -7.22. The number of carbonyl (C=O) groups is 2. The normalized spacial score (nSPS) is 14.9. The van der Waals surface area contributed by atoms with Crippen molar-refractivity contribution in [3.8, 4) is 34.6 Å². The summed E-state index contributed by atoms with van der Waals surface area (Å²) in [6.45, 7) is 3.61. The molecule has 0 saturated carbocycles. The summed E-state index contributed by atoms with van der Waals surface area (Å²) >= 11 is 0. The van der Waals surface area contributed by atoms with Crippen molar-refractivity contribution < 1.29 is 38.0 Å². The molecular formula is C39H30N6O8. The molecule has 1 spiro atoms. The molecule has 0 unspecified atom stereocenters. The largest absolute Gasteiger partial charge is 0.613 e. The number of esters is 2. The summed E-state index contributed by atoms with van der Waals surface area (Å²) in [5, 5.41) is 9.59. The van der Waals surface area contributed by atoms with Crippen molar-refractivity contribution >= 4 is 35.7 Å². The summed E-state index contributed by atoms with van der Waals surface area (Å²) in [7, 11) is 2.58. The van der Waals surface area contributed by atoms with Crippen LogP contribution in [0.3, 0.4) is 0 Å². The van der Waals surface area contributed by atoms with Gasteiger partial charge in [-0.05, 0) is 74.5 Å². The quantitative estimate of drug-likeness (QED) is 0.183. The Bertz CT molecular complexity index is 2280. The van der Waals surface area contributed by atoms with Crippen molar-refractivity contribution in [1.82, 2.24) is 19.6 Å². The van der Waals surface area contributed by atoms with E-state index in [0.29, 0.717) is 33.9 Å². The van der Waals surface area contributed by atoms with Crippen LogP contribution >= 0.6 is 0 Å². The van der Waals surface area contributed by atoms with Gasteiger partial charge in [-0.2, -0.15) is 19.6 Å². The lowest BCUT2D eigenvalue weighted by atomic mass is 10.2. The van der Waals surface area contributed by atoms with E-state index in [1.54, 1.807) is 35.6 Å². The van der Waals surface area contributed by atoms with E-state index in [-0.39, 0.29) is 45.8 Å². The van der Waals surface area contributed by atoms with Crippen molar-refractivity contribution in [3.05, 3.63) is 131 Å². The maximum Gasteiger partial charge on any atom is 0.613 e. The second kappa shape index (κ2) is 13.2. The highest BCUT2D eigenvalue weighted by molar-refractivity contribution is 5.93. The lowest BCUT2D eigenvalue weighted by Crippen LogP contribution is -2.54. The summed E-state index contributed by atoms with van der Waals surface area (Å²) in [6.07, 6.45) is 0.613. The predicted molar refractivity (Wildman–Crippen MR) is 192 cm³/mol. The average molecular weight is 711 g/mol. The van der Waals surface area contributed by atoms with Crippen LogP contribution in [0.25, 0.3) is 11.4 Å². The van der Waals surface area contributed by atoms with Gasteiger partial charge in [0.05, 0.1) is 59.2 Å². The predicted octanol–water partition coefficient (Wildman–Crippen LogP) is 6.60. The molecule has 2 aliphatic rings. The zero-order valence-electron chi connectivity index (χ0n) is 28.8. The van der Waals surface area contributed by atoms with Gasteiger partial charge in [0.15, 0.2) is 11.5 Å².